The number of ether oxygens (including phenoxy) is 1. The van der Waals surface area contributed by atoms with Gasteiger partial charge in [-0.1, -0.05) is 13.8 Å². The molecule has 236 valence electrons. The van der Waals surface area contributed by atoms with E-state index in [0.717, 1.165) is 60.7 Å². The summed E-state index contributed by atoms with van der Waals surface area (Å²) in [5.41, 5.74) is 8.47. The molecule has 7 rings (SSSR count). The Balaban J connectivity index is 1.37. The average Bonchev–Trinajstić information content (AvgIpc) is 3.60. The standard InChI is InChI=1S/C37H37BN6O.Pt/c1-25(2)23-38-43(36-18-26(3)14-16-39-36)35-22-29(12-13-31(35)32-15-17-40-44(32)38)45-30-20-27(37(4,5)6)19-28(21-30)42-24-41(7)33-10-8-9-11-34(33)42;/h8-20,25H,23H2,1-7H3;/q-2;. The van der Waals surface area contributed by atoms with E-state index in [1.54, 1.807) is 0 Å². The number of aryl methyl sites for hydroxylation is 2. The molecule has 0 unspecified atom stereocenters. The Morgan fingerprint density at radius 1 is 0.935 bits per heavy atom. The zero-order valence-electron chi connectivity index (χ0n) is 27.3. The van der Waals surface area contributed by atoms with E-state index in [1.165, 1.54) is 0 Å². The molecule has 0 aliphatic carbocycles. The van der Waals surface area contributed by atoms with E-state index in [1.807, 2.05) is 24.5 Å². The molecule has 9 heteroatoms. The van der Waals surface area contributed by atoms with Crippen molar-refractivity contribution in [2.45, 2.75) is 53.3 Å². The fraction of sp³-hybridized carbons (Fsp3) is 0.270. The molecule has 0 bridgehead atoms. The van der Waals surface area contributed by atoms with Crippen molar-refractivity contribution < 1.29 is 24.1 Å². The summed E-state index contributed by atoms with van der Waals surface area (Å²) in [7, 11) is 2.10. The van der Waals surface area contributed by atoms with Crippen molar-refractivity contribution in [1.29, 1.82) is 0 Å². The molecule has 3 aromatic heterocycles. The fourth-order valence-corrected chi connectivity index (χ4v) is 7.06. The number of para-hydroxylation sites is 2. The Hall–Kier alpha value is -4.16. The zero-order chi connectivity index (χ0) is 32.3. The van der Waals surface area contributed by atoms with E-state index >= 15 is 0 Å². The van der Waals surface area contributed by atoms with Crippen LogP contribution in [0.15, 0.2) is 79.1 Å². The predicted molar refractivity (Wildman–Crippen MR) is 182 cm³/mol. The normalized spacial score (nSPS) is 13.0. The molecule has 0 saturated heterocycles. The summed E-state index contributed by atoms with van der Waals surface area (Å²) in [5, 5.41) is 4.77. The molecule has 0 amide bonds. The summed E-state index contributed by atoms with van der Waals surface area (Å²) in [5.74, 6) is 2.58. The van der Waals surface area contributed by atoms with Crippen LogP contribution < -0.4 is 9.55 Å². The van der Waals surface area contributed by atoms with Crippen molar-refractivity contribution in [3.63, 3.8) is 0 Å². The van der Waals surface area contributed by atoms with E-state index in [4.69, 9.17) is 14.8 Å². The second kappa shape index (κ2) is 11.6. The third kappa shape index (κ3) is 5.37. The summed E-state index contributed by atoms with van der Waals surface area (Å²) in [6, 6.07) is 30.4. The second-order valence-electron chi connectivity index (χ2n) is 13.5. The van der Waals surface area contributed by atoms with Gasteiger partial charge in [-0.25, -0.2) is 0 Å². The molecule has 1 aliphatic heterocycles. The summed E-state index contributed by atoms with van der Waals surface area (Å²) >= 11 is 2.39. The van der Waals surface area contributed by atoms with Crippen LogP contribution >= 0.6 is 0 Å². The fourth-order valence-electron chi connectivity index (χ4n) is 6.24. The van der Waals surface area contributed by atoms with Gasteiger partial charge in [0.25, 0.3) is 0 Å². The Morgan fingerprint density at radius 2 is 1.72 bits per heavy atom. The van der Waals surface area contributed by atoms with Gasteiger partial charge in [-0.05, 0) is 24.5 Å². The van der Waals surface area contributed by atoms with Gasteiger partial charge >= 0.3 is 227 Å². The van der Waals surface area contributed by atoms with Crippen LogP contribution in [0.3, 0.4) is 0 Å². The van der Waals surface area contributed by atoms with Crippen LogP contribution in [0, 0.1) is 28.8 Å². The van der Waals surface area contributed by atoms with Crippen molar-refractivity contribution in [2.75, 3.05) is 4.81 Å². The molecule has 6 aromatic rings. The molecule has 0 spiro atoms. The first-order valence-corrected chi connectivity index (χ1v) is 16.8. The van der Waals surface area contributed by atoms with E-state index < -0.39 is 0 Å². The Labute approximate surface area is 282 Å². The number of benzene rings is 3. The van der Waals surface area contributed by atoms with Gasteiger partial charge in [0, 0.05) is 12.4 Å². The molecular formula is C37H37BN6OPt-2. The van der Waals surface area contributed by atoms with Crippen LogP contribution in [-0.4, -0.2) is 30.8 Å². The molecule has 3 aromatic carbocycles. The van der Waals surface area contributed by atoms with Crippen molar-refractivity contribution >= 4 is 29.5 Å². The number of anilines is 2. The molecule has 1 aliphatic rings. The third-order valence-electron chi connectivity index (χ3n) is 8.56. The summed E-state index contributed by atoms with van der Waals surface area (Å²) in [6.45, 7) is 13.2. The van der Waals surface area contributed by atoms with Crippen molar-refractivity contribution in [3.05, 3.63) is 106 Å². The van der Waals surface area contributed by atoms with Crippen LogP contribution in [-0.2, 0) is 31.8 Å². The van der Waals surface area contributed by atoms with E-state index in [9.17, 15) is 0 Å². The van der Waals surface area contributed by atoms with Crippen LogP contribution in [0.4, 0.5) is 11.5 Å². The third-order valence-corrected chi connectivity index (χ3v) is 9.83. The molecule has 0 fully saturated rings. The van der Waals surface area contributed by atoms with Crippen LogP contribution in [0.1, 0.15) is 45.7 Å². The van der Waals surface area contributed by atoms with Gasteiger partial charge in [-0.3, -0.25) is 0 Å². The van der Waals surface area contributed by atoms with Gasteiger partial charge in [0.1, 0.15) is 0 Å². The van der Waals surface area contributed by atoms with E-state index in [2.05, 4.69) is 153 Å². The van der Waals surface area contributed by atoms with Gasteiger partial charge < -0.3 is 0 Å². The Morgan fingerprint density at radius 3 is 2.46 bits per heavy atom. The predicted octanol–water partition coefficient (Wildman–Crippen LogP) is 8.45. The second-order valence-corrected chi connectivity index (χ2v) is 14.5. The number of aromatic nitrogens is 5. The molecule has 0 atom stereocenters. The van der Waals surface area contributed by atoms with Gasteiger partial charge in [0.15, 0.2) is 0 Å². The van der Waals surface area contributed by atoms with Gasteiger partial charge in [-0.15, -0.1) is 0 Å². The van der Waals surface area contributed by atoms with E-state index in [0.29, 0.717) is 17.4 Å². The van der Waals surface area contributed by atoms with Crippen molar-refractivity contribution in [3.8, 4) is 28.4 Å². The maximum atomic E-state index is 6.69. The SMILES string of the molecule is Cc1ccnc(N2B(CC(C)C)n3nccc3-c3ccc(Oc4[c-]c(-n5[c](=[Pt])n(C)c6ccccc65)cc(C(C)(C)C)c4)[c-]c32)c1. The molecular weight excluding hydrogens is 750 g/mol. The quantitative estimate of drug-likeness (QED) is 0.126. The molecule has 0 saturated carbocycles. The molecule has 7 nitrogen and oxygen atoms in total. The van der Waals surface area contributed by atoms with Crippen LogP contribution in [0.5, 0.6) is 11.5 Å². The van der Waals surface area contributed by atoms with Gasteiger partial charge in [0.05, 0.1) is 0 Å². The van der Waals surface area contributed by atoms with Crippen LogP contribution in [0.25, 0.3) is 28.0 Å². The minimum atomic E-state index is -0.103. The van der Waals surface area contributed by atoms with E-state index in [-0.39, 0.29) is 12.4 Å². The number of rotatable bonds is 6. The minimum absolute atomic E-state index is 0.0504. The topological polar surface area (TPSA) is 53.0 Å². The number of hydrogen-bond acceptors (Lipinski definition) is 4. The Bertz CT molecular complexity index is 2150. The first-order valence-electron chi connectivity index (χ1n) is 15.7. The number of hydrogen-bond donors (Lipinski definition) is 0. The zero-order valence-corrected chi connectivity index (χ0v) is 29.5. The van der Waals surface area contributed by atoms with Gasteiger partial charge in [-0.2, -0.15) is 5.10 Å². The number of nitrogens with zero attached hydrogens (tertiary/aromatic N) is 6. The maximum absolute atomic E-state index is 6.69. The molecule has 0 radical (unpaired) electrons. The molecule has 46 heavy (non-hydrogen) atoms. The summed E-state index contributed by atoms with van der Waals surface area (Å²) in [6.07, 6.45) is 4.65. The first-order chi connectivity index (χ1) is 22.0. The molecule has 0 N–H and O–H groups in total. The monoisotopic (exact) mass is 787 g/mol. The van der Waals surface area contributed by atoms with Crippen LogP contribution in [0.2, 0.25) is 6.32 Å². The summed E-state index contributed by atoms with van der Waals surface area (Å²) < 4.78 is 14.4. The number of fused-ring (bicyclic) bond motifs is 4. The number of imidazole rings is 1. The average molecular weight is 788 g/mol. The Kier molecular flexibility index (Phi) is 7.67. The number of pyridine rings is 1. The van der Waals surface area contributed by atoms with Crippen molar-refractivity contribution in [1.82, 2.24) is 23.8 Å². The molecule has 4 heterocycles. The van der Waals surface area contributed by atoms with Crippen molar-refractivity contribution in [2.24, 2.45) is 13.0 Å². The summed E-state index contributed by atoms with van der Waals surface area (Å²) in [4.78, 5) is 7.09. The first kappa shape index (κ1) is 30.5. The van der Waals surface area contributed by atoms with Gasteiger partial charge in [0.2, 0.25) is 0 Å².